The third kappa shape index (κ3) is 6.34. The summed E-state index contributed by atoms with van der Waals surface area (Å²) in [5.41, 5.74) is 10.4. The predicted octanol–water partition coefficient (Wildman–Crippen LogP) is 8.04. The minimum absolute atomic E-state index is 0.689. The zero-order valence-corrected chi connectivity index (χ0v) is 23.5. The molecule has 192 valence electrons. The number of aryl methyl sites for hydroxylation is 1. The first-order valence-electron chi connectivity index (χ1n) is 12.5. The first kappa shape index (κ1) is 27.8. The van der Waals surface area contributed by atoms with Crippen LogP contribution in [0.1, 0.15) is 43.2 Å². The molecule has 0 atom stereocenters. The first-order valence-corrected chi connectivity index (χ1v) is 13.4. The van der Waals surface area contributed by atoms with Gasteiger partial charge in [0.25, 0.3) is 0 Å². The Morgan fingerprint density at radius 1 is 1.16 bits per heavy atom. The number of hydrogen-bond acceptors (Lipinski definition) is 4. The van der Waals surface area contributed by atoms with E-state index in [9.17, 15) is 0 Å². The van der Waals surface area contributed by atoms with Crippen molar-refractivity contribution in [2.75, 3.05) is 20.6 Å². The first-order chi connectivity index (χ1) is 17.9. The van der Waals surface area contributed by atoms with Gasteiger partial charge in [0.05, 0.1) is 11.4 Å². The molecule has 0 saturated heterocycles. The molecule has 0 spiro atoms. The summed E-state index contributed by atoms with van der Waals surface area (Å²) in [6.07, 6.45) is 11.9. The molecule has 0 aliphatic heterocycles. The van der Waals surface area contributed by atoms with E-state index in [-0.39, 0.29) is 0 Å². The van der Waals surface area contributed by atoms with Crippen molar-refractivity contribution < 1.29 is 0 Å². The Balaban J connectivity index is 0.00000186. The molecular formula is C31H37N5S. The van der Waals surface area contributed by atoms with Crippen molar-refractivity contribution in [3.05, 3.63) is 107 Å². The van der Waals surface area contributed by atoms with Crippen molar-refractivity contribution in [2.24, 2.45) is 0 Å². The fraction of sp³-hybridized carbons (Fsp3) is 0.226. The lowest BCUT2D eigenvalue weighted by molar-refractivity contribution is 0.449. The highest BCUT2D eigenvalue weighted by molar-refractivity contribution is 7.08. The van der Waals surface area contributed by atoms with E-state index < -0.39 is 0 Å². The minimum atomic E-state index is 0.689. The fourth-order valence-electron chi connectivity index (χ4n) is 4.18. The topological polar surface area (TPSA) is 60.6 Å². The summed E-state index contributed by atoms with van der Waals surface area (Å²) < 4.78 is 0. The van der Waals surface area contributed by atoms with Crippen molar-refractivity contribution >= 4 is 33.5 Å². The van der Waals surface area contributed by atoms with Crippen molar-refractivity contribution in [3.63, 3.8) is 0 Å². The van der Waals surface area contributed by atoms with E-state index >= 15 is 0 Å². The van der Waals surface area contributed by atoms with Gasteiger partial charge in [-0.1, -0.05) is 57.4 Å². The molecule has 4 aromatic rings. The summed E-state index contributed by atoms with van der Waals surface area (Å²) in [5.74, 6) is 0. The smallest absolute Gasteiger partial charge is 0.181 e. The van der Waals surface area contributed by atoms with Gasteiger partial charge in [-0.3, -0.25) is 5.10 Å². The number of likely N-dealkylation sites (N-methyl/N-ethyl adjacent to an activating group) is 1. The second kappa shape index (κ2) is 13.0. The summed E-state index contributed by atoms with van der Waals surface area (Å²) in [4.78, 5) is 10.3. The number of rotatable bonds is 9. The quantitative estimate of drug-likeness (QED) is 0.224. The highest BCUT2D eigenvalue weighted by Gasteiger charge is 2.17. The lowest BCUT2D eigenvalue weighted by Gasteiger charge is -2.11. The van der Waals surface area contributed by atoms with Crippen molar-refractivity contribution in [2.45, 2.75) is 27.7 Å². The van der Waals surface area contributed by atoms with E-state index in [0.717, 1.165) is 56.9 Å². The highest BCUT2D eigenvalue weighted by atomic mass is 32.1. The maximum atomic E-state index is 4.64. The van der Waals surface area contributed by atoms with E-state index in [2.05, 4.69) is 106 Å². The average Bonchev–Trinajstić information content (AvgIpc) is 3.66. The van der Waals surface area contributed by atoms with Gasteiger partial charge < -0.3 is 9.88 Å². The summed E-state index contributed by atoms with van der Waals surface area (Å²) in [6.45, 7) is 16.8. The van der Waals surface area contributed by atoms with Gasteiger partial charge in [0.15, 0.2) is 5.65 Å². The van der Waals surface area contributed by atoms with Crippen LogP contribution < -0.4 is 0 Å². The Morgan fingerprint density at radius 3 is 2.57 bits per heavy atom. The third-order valence-corrected chi connectivity index (χ3v) is 6.53. The molecular weight excluding hydrogens is 474 g/mol. The molecule has 0 bridgehead atoms. The number of nitrogens with zero attached hydrogens (tertiary/aromatic N) is 3. The summed E-state index contributed by atoms with van der Waals surface area (Å²) >= 11 is 1.69. The lowest BCUT2D eigenvalue weighted by atomic mass is 9.99. The maximum absolute atomic E-state index is 4.64. The van der Waals surface area contributed by atoms with Crippen LogP contribution in [0.25, 0.3) is 33.6 Å². The summed E-state index contributed by atoms with van der Waals surface area (Å²) in [7, 11) is 4.11. The highest BCUT2D eigenvalue weighted by Crippen LogP contribution is 2.34. The molecule has 5 nitrogen and oxygen atoms in total. The number of fused-ring (bicyclic) bond motifs is 1. The van der Waals surface area contributed by atoms with Gasteiger partial charge in [-0.2, -0.15) is 16.4 Å². The number of allylic oxidation sites excluding steroid dienone is 5. The van der Waals surface area contributed by atoms with Crippen LogP contribution in [-0.2, 0) is 0 Å². The normalized spacial score (nSPS) is 12.6. The van der Waals surface area contributed by atoms with Crippen molar-refractivity contribution in [1.29, 1.82) is 0 Å². The maximum Gasteiger partial charge on any atom is 0.181 e. The number of H-pyrrole nitrogens is 2. The monoisotopic (exact) mass is 511 g/mol. The molecule has 0 amide bonds. The van der Waals surface area contributed by atoms with Crippen LogP contribution in [0.4, 0.5) is 0 Å². The Labute approximate surface area is 224 Å². The molecule has 0 aliphatic carbocycles. The molecule has 4 rings (SSSR count). The van der Waals surface area contributed by atoms with Crippen molar-refractivity contribution in [1.82, 2.24) is 25.1 Å². The Bertz CT molecular complexity index is 1440. The van der Waals surface area contributed by atoms with Gasteiger partial charge in [-0.25, -0.2) is 4.98 Å². The fourth-order valence-corrected chi connectivity index (χ4v) is 4.84. The molecule has 0 fully saturated rings. The SMILES string of the molecule is C=C/C=C(/c1ccsc1)c1cc(-c2[nH]nc3ncc(C(/C=C(\C=C)CN(C)C)=C/C)cc23)[nH]c1C.CC. The van der Waals surface area contributed by atoms with Gasteiger partial charge in [0, 0.05) is 34.9 Å². The molecule has 0 radical (unpaired) electrons. The molecule has 37 heavy (non-hydrogen) atoms. The van der Waals surface area contributed by atoms with Crippen LogP contribution in [-0.4, -0.2) is 45.7 Å². The van der Waals surface area contributed by atoms with Crippen LogP contribution >= 0.6 is 11.3 Å². The Morgan fingerprint density at radius 2 is 1.95 bits per heavy atom. The van der Waals surface area contributed by atoms with Gasteiger partial charge in [-0.15, -0.1) is 0 Å². The molecule has 6 heteroatoms. The van der Waals surface area contributed by atoms with Crippen LogP contribution in [0.15, 0.2) is 84.3 Å². The number of hydrogen-bond donors (Lipinski definition) is 2. The van der Waals surface area contributed by atoms with Crippen LogP contribution in [0.5, 0.6) is 0 Å². The number of nitrogens with one attached hydrogen (secondary N) is 2. The Kier molecular flexibility index (Phi) is 9.78. The predicted molar refractivity (Wildman–Crippen MR) is 162 cm³/mol. The molecule has 4 aromatic heterocycles. The van der Waals surface area contributed by atoms with Gasteiger partial charge in [0.1, 0.15) is 0 Å². The summed E-state index contributed by atoms with van der Waals surface area (Å²) in [5, 5.41) is 12.9. The largest absolute Gasteiger partial charge is 0.357 e. The van der Waals surface area contributed by atoms with Crippen LogP contribution in [0.3, 0.4) is 0 Å². The minimum Gasteiger partial charge on any atom is -0.357 e. The average molecular weight is 512 g/mol. The zero-order valence-electron chi connectivity index (χ0n) is 22.7. The number of aromatic amines is 2. The third-order valence-electron chi connectivity index (χ3n) is 5.85. The molecule has 0 aliphatic rings. The number of thiophene rings is 1. The van der Waals surface area contributed by atoms with E-state index in [1.54, 1.807) is 11.3 Å². The second-order valence-corrected chi connectivity index (χ2v) is 9.43. The summed E-state index contributed by atoms with van der Waals surface area (Å²) in [6, 6.07) is 6.46. The number of aromatic nitrogens is 4. The van der Waals surface area contributed by atoms with Crippen molar-refractivity contribution in [3.8, 4) is 11.4 Å². The molecule has 0 aromatic carbocycles. The van der Waals surface area contributed by atoms with Crippen LogP contribution in [0.2, 0.25) is 0 Å². The second-order valence-electron chi connectivity index (χ2n) is 8.65. The lowest BCUT2D eigenvalue weighted by Crippen LogP contribution is -2.14. The van der Waals surface area contributed by atoms with E-state index in [1.165, 1.54) is 5.56 Å². The van der Waals surface area contributed by atoms with E-state index in [4.69, 9.17) is 0 Å². The van der Waals surface area contributed by atoms with Gasteiger partial charge in [0.2, 0.25) is 0 Å². The molecule has 2 N–H and O–H groups in total. The molecule has 0 unspecified atom stereocenters. The van der Waals surface area contributed by atoms with Gasteiger partial charge in [-0.05, 0) is 79.2 Å². The molecule has 4 heterocycles. The van der Waals surface area contributed by atoms with Gasteiger partial charge >= 0.3 is 0 Å². The molecule has 0 saturated carbocycles. The van der Waals surface area contributed by atoms with E-state index in [0.29, 0.717) is 5.65 Å². The number of pyridine rings is 1. The zero-order chi connectivity index (χ0) is 26.9. The Hall–Kier alpha value is -3.74. The van der Waals surface area contributed by atoms with E-state index in [1.807, 2.05) is 39.1 Å². The standard InChI is InChI=1S/C29H31N5S.C2H6/c1-7-10-24(22-11-12-35-18-22)25-15-27(31-19(25)4)28-26-14-23(16-30-29(26)33-32-28)21(9-3)13-20(8-2)17-34(5)6;1-2/h7-16,18,31H,1-2,17H2,3-6H3,(H,30,32,33);1-2H3/b20-13+,21-9+,24-10-;. The van der Waals surface area contributed by atoms with Crippen LogP contribution in [0, 0.1) is 6.92 Å².